The van der Waals surface area contributed by atoms with E-state index in [1.165, 1.54) is 0 Å². The van der Waals surface area contributed by atoms with Crippen molar-refractivity contribution in [2.45, 2.75) is 13.8 Å². The molecule has 0 N–H and O–H groups in total. The molecule has 5 heterocycles. The minimum atomic E-state index is -0.987. The first-order chi connectivity index (χ1) is 24.4. The first kappa shape index (κ1) is 31.9. The normalized spacial score (nSPS) is 10.9. The van der Waals surface area contributed by atoms with Gasteiger partial charge in [-0.25, -0.2) is 9.97 Å². The smallest absolute Gasteiger partial charge is 0.292 e. The van der Waals surface area contributed by atoms with Crippen molar-refractivity contribution in [3.05, 3.63) is 97.5 Å². The van der Waals surface area contributed by atoms with Crippen LogP contribution in [0.3, 0.4) is 0 Å². The summed E-state index contributed by atoms with van der Waals surface area (Å²) in [7, 11) is 0. The third kappa shape index (κ3) is 5.04. The topological polar surface area (TPSA) is 205 Å². The number of azide groups is 1. The highest BCUT2D eigenvalue weighted by atomic mass is 32.1. The van der Waals surface area contributed by atoms with Crippen molar-refractivity contribution in [1.29, 1.82) is 10.5 Å². The summed E-state index contributed by atoms with van der Waals surface area (Å²) in [4.78, 5) is 40.2. The molecule has 0 fully saturated rings. The van der Waals surface area contributed by atoms with E-state index in [0.29, 0.717) is 32.5 Å². The number of benzene rings is 2. The highest BCUT2D eigenvalue weighted by Crippen LogP contribution is 2.45. The van der Waals surface area contributed by atoms with Crippen molar-refractivity contribution in [3.8, 4) is 51.8 Å². The zero-order valence-corrected chi connectivity index (χ0v) is 27.7. The number of ether oxygens (including phenoxy) is 2. The van der Waals surface area contributed by atoms with E-state index in [4.69, 9.17) is 9.47 Å². The summed E-state index contributed by atoms with van der Waals surface area (Å²) >= 11 is 1.89. The Hall–Kier alpha value is -6.71. The van der Waals surface area contributed by atoms with Crippen molar-refractivity contribution in [2.24, 2.45) is 5.11 Å². The van der Waals surface area contributed by atoms with Gasteiger partial charge >= 0.3 is 0 Å². The van der Waals surface area contributed by atoms with Crippen LogP contribution in [-0.4, -0.2) is 44.1 Å². The van der Waals surface area contributed by atoms with E-state index in [-0.39, 0.29) is 67.1 Å². The number of thiophene rings is 2. The molecule has 0 atom stereocenters. The predicted octanol–water partition coefficient (Wildman–Crippen LogP) is 7.33. The van der Waals surface area contributed by atoms with Gasteiger partial charge in [0.15, 0.2) is 0 Å². The maximum Gasteiger partial charge on any atom is 0.292 e. The van der Waals surface area contributed by atoms with Crippen molar-refractivity contribution in [1.82, 2.24) is 25.0 Å². The fraction of sp³-hybridized carbons (Fsp3) is 0.118. The molecule has 0 saturated carbocycles. The molecule has 0 aliphatic carbocycles. The van der Waals surface area contributed by atoms with E-state index in [1.807, 2.05) is 30.3 Å². The molecule has 0 aliphatic heterocycles. The highest BCUT2D eigenvalue weighted by molar-refractivity contribution is 7.25. The molecule has 0 saturated heterocycles. The molecule has 242 valence electrons. The lowest BCUT2D eigenvalue weighted by molar-refractivity contribution is 0.100. The van der Waals surface area contributed by atoms with Crippen LogP contribution in [-0.2, 0) is 0 Å². The Morgan fingerprint density at radius 2 is 1.42 bits per heavy atom. The molecular weight excluding hydrogens is 677 g/mol. The fourth-order valence-electron chi connectivity index (χ4n) is 5.71. The first-order valence-corrected chi connectivity index (χ1v) is 16.6. The number of carbonyl (C=O) groups excluding carboxylic acids is 1. The van der Waals surface area contributed by atoms with E-state index >= 15 is 0 Å². The molecule has 0 bridgehead atoms. The average Bonchev–Trinajstić information content (AvgIpc) is 3.70. The Labute approximate surface area is 289 Å². The largest absolute Gasteiger partial charge is 0.477 e. The van der Waals surface area contributed by atoms with E-state index < -0.39 is 11.5 Å². The van der Waals surface area contributed by atoms with Crippen molar-refractivity contribution >= 4 is 59.2 Å². The number of hydrogen-bond donors (Lipinski definition) is 0. The van der Waals surface area contributed by atoms with Crippen LogP contribution in [0.2, 0.25) is 0 Å². The van der Waals surface area contributed by atoms with Gasteiger partial charge in [-0.05, 0) is 35.6 Å². The Bertz CT molecular complexity index is 2700. The molecule has 0 unspecified atom stereocenters. The monoisotopic (exact) mass is 696 g/mol. The Balaban J connectivity index is 1.63. The molecule has 5 aromatic heterocycles. The summed E-state index contributed by atoms with van der Waals surface area (Å²) in [5, 5.41) is 33.4. The Kier molecular flexibility index (Phi) is 8.33. The van der Waals surface area contributed by atoms with Gasteiger partial charge in [0.2, 0.25) is 11.8 Å². The van der Waals surface area contributed by atoms with Crippen LogP contribution in [0.15, 0.2) is 70.6 Å². The second kappa shape index (κ2) is 13.1. The molecule has 1 amide bonds. The lowest BCUT2D eigenvalue weighted by atomic mass is 9.97. The van der Waals surface area contributed by atoms with Gasteiger partial charge in [0.1, 0.15) is 53.7 Å². The lowest BCUT2D eigenvalue weighted by Crippen LogP contribution is -2.23. The van der Waals surface area contributed by atoms with Crippen molar-refractivity contribution in [2.75, 3.05) is 13.2 Å². The number of hydrogen-bond acceptors (Lipinski definition) is 12. The lowest BCUT2D eigenvalue weighted by Gasteiger charge is -2.13. The number of nitriles is 2. The van der Waals surface area contributed by atoms with Crippen LogP contribution in [0, 0.1) is 22.7 Å². The number of fused-ring (bicyclic) bond motifs is 4. The molecular formula is C34H20N10O4S2. The minimum Gasteiger partial charge on any atom is -0.477 e. The van der Waals surface area contributed by atoms with Gasteiger partial charge in [-0.1, -0.05) is 65.9 Å². The summed E-state index contributed by atoms with van der Waals surface area (Å²) in [6.07, 6.45) is 0. The number of carbonyl (C=O) groups is 1. The summed E-state index contributed by atoms with van der Waals surface area (Å²) in [6, 6.07) is 22.4. The summed E-state index contributed by atoms with van der Waals surface area (Å²) in [5.74, 6) is -0.840. The van der Waals surface area contributed by atoms with Crippen LogP contribution >= 0.6 is 22.7 Å². The molecule has 7 aromatic rings. The number of rotatable bonds is 8. The number of nitrogens with zero attached hydrogens (tertiary/aromatic N) is 10. The predicted molar refractivity (Wildman–Crippen MR) is 188 cm³/mol. The molecule has 0 spiro atoms. The summed E-state index contributed by atoms with van der Waals surface area (Å²) in [6.45, 7) is 3.98. The second-order valence-corrected chi connectivity index (χ2v) is 12.4. The van der Waals surface area contributed by atoms with Gasteiger partial charge in [-0.15, -0.1) is 27.8 Å². The zero-order valence-electron chi connectivity index (χ0n) is 26.1. The quantitative estimate of drug-likeness (QED) is 0.0878. The van der Waals surface area contributed by atoms with E-state index in [9.17, 15) is 25.6 Å². The second-order valence-electron chi connectivity index (χ2n) is 10.4. The van der Waals surface area contributed by atoms with E-state index in [2.05, 4.69) is 42.4 Å². The maximum atomic E-state index is 14.6. The van der Waals surface area contributed by atoms with Crippen LogP contribution in [0.5, 0.6) is 11.8 Å². The molecule has 14 nitrogen and oxygen atoms in total. The van der Waals surface area contributed by atoms with Gasteiger partial charge < -0.3 is 9.47 Å². The summed E-state index contributed by atoms with van der Waals surface area (Å²) < 4.78 is 12.6. The van der Waals surface area contributed by atoms with Crippen molar-refractivity contribution < 1.29 is 14.3 Å². The number of amides is 1. The molecule has 2 aromatic carbocycles. The standard InChI is InChI=1S/C34H20N10O4S2/c1-3-47-30-19(15-35)21(17-11-7-5-8-12-17)23-25-27(49-32(23)38-30)34(46)44(43-40-25)26-24-22(18-13-9-6-10-14-18)20(16-36)31(48-4-2)39-33(24)50-28(26)29(45)41-42-37/h5-14H,3-4H2,1-2H3. The minimum absolute atomic E-state index is 0.0354. The molecule has 0 radical (unpaired) electrons. The van der Waals surface area contributed by atoms with E-state index in [0.717, 1.165) is 27.4 Å². The molecule has 16 heteroatoms. The molecule has 0 aliphatic rings. The Morgan fingerprint density at radius 3 is 1.94 bits per heavy atom. The third-order valence-corrected chi connectivity index (χ3v) is 9.76. The van der Waals surface area contributed by atoms with Gasteiger partial charge in [0, 0.05) is 26.8 Å². The van der Waals surface area contributed by atoms with Gasteiger partial charge in [0.05, 0.1) is 13.2 Å². The summed E-state index contributed by atoms with van der Waals surface area (Å²) in [5.41, 5.74) is 11.0. The van der Waals surface area contributed by atoms with Gasteiger partial charge in [-0.2, -0.15) is 15.2 Å². The third-order valence-electron chi connectivity index (χ3n) is 7.64. The Morgan fingerprint density at radius 1 is 0.880 bits per heavy atom. The number of pyridine rings is 2. The average molecular weight is 697 g/mol. The van der Waals surface area contributed by atoms with E-state index in [1.54, 1.807) is 44.2 Å². The molecule has 7 rings (SSSR count). The number of aromatic nitrogens is 5. The van der Waals surface area contributed by atoms with Gasteiger partial charge in [-0.3, -0.25) is 9.59 Å². The first-order valence-electron chi connectivity index (χ1n) is 15.0. The van der Waals surface area contributed by atoms with Crippen LogP contribution in [0.4, 0.5) is 0 Å². The SMILES string of the molecule is CCOc1nc2sc(C(=O)N=[N+]=[N-])c(-n3nnc4c(sc5nc(OCC)c(C#N)c(-c6ccccc6)c54)c3=O)c2c(-c2ccccc2)c1C#N. The van der Waals surface area contributed by atoms with Gasteiger partial charge in [0.25, 0.3) is 11.5 Å². The highest BCUT2D eigenvalue weighted by Gasteiger charge is 2.30. The fourth-order valence-corrected chi connectivity index (χ4v) is 7.78. The zero-order chi connectivity index (χ0) is 34.9. The van der Waals surface area contributed by atoms with Crippen LogP contribution in [0.1, 0.15) is 34.6 Å². The maximum absolute atomic E-state index is 14.6. The molecule has 50 heavy (non-hydrogen) atoms. The van der Waals surface area contributed by atoms with Crippen LogP contribution in [0.25, 0.3) is 69.0 Å². The van der Waals surface area contributed by atoms with Crippen molar-refractivity contribution in [3.63, 3.8) is 0 Å². The van der Waals surface area contributed by atoms with Crippen LogP contribution < -0.4 is 15.0 Å².